The molecule has 132 valence electrons. The monoisotopic (exact) mass is 343 g/mol. The molecule has 0 unspecified atom stereocenters. The number of carbonyl (C=O) groups excluding carboxylic acids is 2. The van der Waals surface area contributed by atoms with E-state index in [1.54, 1.807) is 31.5 Å². The van der Waals surface area contributed by atoms with E-state index in [9.17, 15) is 9.59 Å². The standard InChI is InChI=1S/C17H21N5O3/c1-12(20-16(24)13-5-10-25-11-13)15(23)21-14-3-8-22(9-4-14)17-18-6-2-7-19-17/h2,5-7,10-12,14H,3-4,8-9H2,1H3,(H,20,24)(H,21,23)/t12-/m0/s1. The molecule has 25 heavy (non-hydrogen) atoms. The van der Waals surface area contributed by atoms with Crippen molar-refractivity contribution in [2.45, 2.75) is 31.8 Å². The van der Waals surface area contributed by atoms with Crippen LogP contribution < -0.4 is 15.5 Å². The third-order valence-electron chi connectivity index (χ3n) is 4.20. The molecule has 0 radical (unpaired) electrons. The molecule has 8 nitrogen and oxygen atoms in total. The van der Waals surface area contributed by atoms with Crippen LogP contribution in [0.1, 0.15) is 30.1 Å². The van der Waals surface area contributed by atoms with Gasteiger partial charge in [-0.1, -0.05) is 0 Å². The molecule has 2 amide bonds. The van der Waals surface area contributed by atoms with Gasteiger partial charge in [0, 0.05) is 31.5 Å². The first-order valence-corrected chi connectivity index (χ1v) is 8.29. The van der Waals surface area contributed by atoms with Crippen molar-refractivity contribution < 1.29 is 14.0 Å². The van der Waals surface area contributed by atoms with Gasteiger partial charge in [-0.05, 0) is 31.9 Å². The van der Waals surface area contributed by atoms with Crippen molar-refractivity contribution in [1.29, 1.82) is 0 Å². The second-order valence-electron chi connectivity index (χ2n) is 6.03. The molecular weight excluding hydrogens is 322 g/mol. The smallest absolute Gasteiger partial charge is 0.255 e. The van der Waals surface area contributed by atoms with E-state index in [4.69, 9.17) is 4.42 Å². The topological polar surface area (TPSA) is 100 Å². The van der Waals surface area contributed by atoms with E-state index in [1.807, 2.05) is 0 Å². The molecule has 0 bridgehead atoms. The zero-order valence-electron chi connectivity index (χ0n) is 14.0. The summed E-state index contributed by atoms with van der Waals surface area (Å²) in [5, 5.41) is 5.66. The predicted molar refractivity (Wildman–Crippen MR) is 91.0 cm³/mol. The lowest BCUT2D eigenvalue weighted by atomic mass is 10.0. The van der Waals surface area contributed by atoms with E-state index in [-0.39, 0.29) is 17.9 Å². The van der Waals surface area contributed by atoms with E-state index >= 15 is 0 Å². The Labute approximate surface area is 145 Å². The first-order valence-electron chi connectivity index (χ1n) is 8.29. The maximum absolute atomic E-state index is 12.3. The minimum Gasteiger partial charge on any atom is -0.472 e. The fourth-order valence-corrected chi connectivity index (χ4v) is 2.74. The van der Waals surface area contributed by atoms with Gasteiger partial charge in [0.1, 0.15) is 12.3 Å². The predicted octanol–water partition coefficient (Wildman–Crippen LogP) is 0.973. The number of nitrogens with zero attached hydrogens (tertiary/aromatic N) is 3. The summed E-state index contributed by atoms with van der Waals surface area (Å²) >= 11 is 0. The molecule has 1 saturated heterocycles. The molecule has 1 fully saturated rings. The van der Waals surface area contributed by atoms with E-state index in [1.165, 1.54) is 12.5 Å². The van der Waals surface area contributed by atoms with Crippen molar-refractivity contribution in [2.75, 3.05) is 18.0 Å². The Morgan fingerprint density at radius 2 is 2.00 bits per heavy atom. The maximum atomic E-state index is 12.3. The third-order valence-corrected chi connectivity index (χ3v) is 4.20. The molecule has 3 rings (SSSR count). The average molecular weight is 343 g/mol. The second-order valence-corrected chi connectivity index (χ2v) is 6.03. The second kappa shape index (κ2) is 7.78. The van der Waals surface area contributed by atoms with Crippen LogP contribution in [-0.4, -0.2) is 47.0 Å². The van der Waals surface area contributed by atoms with Gasteiger partial charge in [0.15, 0.2) is 0 Å². The number of hydrogen-bond donors (Lipinski definition) is 2. The number of anilines is 1. The van der Waals surface area contributed by atoms with Crippen molar-refractivity contribution in [3.63, 3.8) is 0 Å². The molecule has 8 heteroatoms. The SMILES string of the molecule is C[C@H](NC(=O)c1ccoc1)C(=O)NC1CCN(c2ncccn2)CC1. The van der Waals surface area contributed by atoms with Crippen molar-refractivity contribution in [2.24, 2.45) is 0 Å². The molecular formula is C17H21N5O3. The Kier molecular flexibility index (Phi) is 5.27. The quantitative estimate of drug-likeness (QED) is 0.839. The Hall–Kier alpha value is -2.90. The van der Waals surface area contributed by atoms with Crippen molar-refractivity contribution in [1.82, 2.24) is 20.6 Å². The van der Waals surface area contributed by atoms with Crippen molar-refractivity contribution in [3.8, 4) is 0 Å². The van der Waals surface area contributed by atoms with Crippen LogP contribution in [0.3, 0.4) is 0 Å². The van der Waals surface area contributed by atoms with Gasteiger partial charge in [-0.25, -0.2) is 9.97 Å². The molecule has 1 atom stereocenters. The van der Waals surface area contributed by atoms with Gasteiger partial charge in [0.05, 0.1) is 11.8 Å². The molecule has 2 aromatic heterocycles. The number of carbonyl (C=O) groups is 2. The minimum atomic E-state index is -0.613. The zero-order chi connectivity index (χ0) is 17.6. The number of amides is 2. The van der Waals surface area contributed by atoms with Gasteiger partial charge < -0.3 is 20.0 Å². The normalized spacial score (nSPS) is 16.3. The van der Waals surface area contributed by atoms with E-state index < -0.39 is 6.04 Å². The summed E-state index contributed by atoms with van der Waals surface area (Å²) in [7, 11) is 0. The fraction of sp³-hybridized carbons (Fsp3) is 0.412. The first-order chi connectivity index (χ1) is 12.1. The van der Waals surface area contributed by atoms with Crippen LogP contribution >= 0.6 is 0 Å². The van der Waals surface area contributed by atoms with Crippen LogP contribution in [0.2, 0.25) is 0 Å². The number of hydrogen-bond acceptors (Lipinski definition) is 6. The lowest BCUT2D eigenvalue weighted by Crippen LogP contribution is -2.51. The summed E-state index contributed by atoms with van der Waals surface area (Å²) in [4.78, 5) is 34.8. The summed E-state index contributed by atoms with van der Waals surface area (Å²) in [5.74, 6) is 0.201. The van der Waals surface area contributed by atoms with E-state index in [0.717, 1.165) is 25.9 Å². The Balaban J connectivity index is 1.45. The van der Waals surface area contributed by atoms with Crippen LogP contribution in [-0.2, 0) is 4.79 Å². The Morgan fingerprint density at radius 1 is 1.28 bits per heavy atom. The summed E-state index contributed by atoms with van der Waals surface area (Å²) in [6.07, 6.45) is 7.84. The highest BCUT2D eigenvalue weighted by molar-refractivity contribution is 5.97. The van der Waals surface area contributed by atoms with Crippen LogP contribution in [0.4, 0.5) is 5.95 Å². The lowest BCUT2D eigenvalue weighted by molar-refractivity contribution is -0.123. The fourth-order valence-electron chi connectivity index (χ4n) is 2.74. The number of rotatable bonds is 5. The van der Waals surface area contributed by atoms with Gasteiger partial charge >= 0.3 is 0 Å². The van der Waals surface area contributed by atoms with Gasteiger partial charge in [0.2, 0.25) is 11.9 Å². The summed E-state index contributed by atoms with van der Waals surface area (Å²) in [6.45, 7) is 3.23. The third kappa shape index (κ3) is 4.34. The van der Waals surface area contributed by atoms with Crippen LogP contribution in [0, 0.1) is 0 Å². The van der Waals surface area contributed by atoms with E-state index in [0.29, 0.717) is 11.5 Å². The molecule has 2 aromatic rings. The molecule has 1 aliphatic rings. The van der Waals surface area contributed by atoms with Crippen molar-refractivity contribution >= 4 is 17.8 Å². The first kappa shape index (κ1) is 16.9. The largest absolute Gasteiger partial charge is 0.472 e. The van der Waals surface area contributed by atoms with Gasteiger partial charge in [-0.3, -0.25) is 9.59 Å². The van der Waals surface area contributed by atoms with Crippen LogP contribution in [0.5, 0.6) is 0 Å². The molecule has 0 aromatic carbocycles. The molecule has 0 aliphatic carbocycles. The maximum Gasteiger partial charge on any atom is 0.255 e. The summed E-state index contributed by atoms with van der Waals surface area (Å²) in [6, 6.07) is 2.82. The zero-order valence-corrected chi connectivity index (χ0v) is 14.0. The number of furan rings is 1. The van der Waals surface area contributed by atoms with Gasteiger partial charge in [-0.2, -0.15) is 0 Å². The molecule has 0 spiro atoms. The van der Waals surface area contributed by atoms with E-state index in [2.05, 4.69) is 25.5 Å². The minimum absolute atomic E-state index is 0.0840. The number of nitrogens with one attached hydrogen (secondary N) is 2. The summed E-state index contributed by atoms with van der Waals surface area (Å²) < 4.78 is 4.87. The highest BCUT2D eigenvalue weighted by atomic mass is 16.3. The molecule has 0 saturated carbocycles. The van der Waals surface area contributed by atoms with Gasteiger partial charge in [-0.15, -0.1) is 0 Å². The molecule has 3 heterocycles. The van der Waals surface area contributed by atoms with Crippen molar-refractivity contribution in [3.05, 3.63) is 42.6 Å². The van der Waals surface area contributed by atoms with Crippen LogP contribution in [0.15, 0.2) is 41.5 Å². The average Bonchev–Trinajstić information content (AvgIpc) is 3.18. The van der Waals surface area contributed by atoms with Gasteiger partial charge in [0.25, 0.3) is 5.91 Å². The molecule has 1 aliphatic heterocycles. The lowest BCUT2D eigenvalue weighted by Gasteiger charge is -2.32. The highest BCUT2D eigenvalue weighted by Crippen LogP contribution is 2.15. The Morgan fingerprint density at radius 3 is 2.64 bits per heavy atom. The summed E-state index contributed by atoms with van der Waals surface area (Å²) in [5.41, 5.74) is 0.399. The number of piperidine rings is 1. The number of aromatic nitrogens is 2. The molecule has 2 N–H and O–H groups in total. The highest BCUT2D eigenvalue weighted by Gasteiger charge is 2.24. The van der Waals surface area contributed by atoms with Crippen LogP contribution in [0.25, 0.3) is 0 Å². The Bertz CT molecular complexity index is 696.